The predicted octanol–water partition coefficient (Wildman–Crippen LogP) is 2.43. The molecule has 0 radical (unpaired) electrons. The lowest BCUT2D eigenvalue weighted by atomic mass is 10.1. The maximum atomic E-state index is 5.44. The van der Waals surface area contributed by atoms with Gasteiger partial charge in [0.2, 0.25) is 0 Å². The molecule has 3 N–H and O–H groups in total. The number of hydrogen-bond acceptors (Lipinski definition) is 3. The molecular formula is C12H24N4. The van der Waals surface area contributed by atoms with Crippen molar-refractivity contribution >= 4 is 0 Å². The van der Waals surface area contributed by atoms with Crippen molar-refractivity contribution < 1.29 is 0 Å². The van der Waals surface area contributed by atoms with Crippen molar-refractivity contribution in [1.29, 1.82) is 0 Å². The van der Waals surface area contributed by atoms with E-state index in [-0.39, 0.29) is 0 Å². The molecule has 4 nitrogen and oxygen atoms in total. The molecule has 0 unspecified atom stereocenters. The first kappa shape index (κ1) is 13.2. The number of unbranched alkanes of at least 4 members (excludes halogenated alkanes) is 7. The minimum Gasteiger partial charge on any atom is -0.330 e. The summed E-state index contributed by atoms with van der Waals surface area (Å²) in [4.78, 5) is 4.11. The van der Waals surface area contributed by atoms with Gasteiger partial charge in [0, 0.05) is 6.42 Å². The van der Waals surface area contributed by atoms with Crippen LogP contribution in [0.1, 0.15) is 57.2 Å². The van der Waals surface area contributed by atoms with E-state index in [2.05, 4.69) is 15.2 Å². The fourth-order valence-electron chi connectivity index (χ4n) is 1.84. The molecule has 1 rings (SSSR count). The zero-order chi connectivity index (χ0) is 11.5. The Morgan fingerprint density at radius 2 is 1.56 bits per heavy atom. The highest BCUT2D eigenvalue weighted by molar-refractivity contribution is 4.79. The molecule has 0 aliphatic rings. The van der Waals surface area contributed by atoms with E-state index >= 15 is 0 Å². The van der Waals surface area contributed by atoms with E-state index in [9.17, 15) is 0 Å². The summed E-state index contributed by atoms with van der Waals surface area (Å²) >= 11 is 0. The summed E-state index contributed by atoms with van der Waals surface area (Å²) in [5.74, 6) is 0.947. The second kappa shape index (κ2) is 9.33. The summed E-state index contributed by atoms with van der Waals surface area (Å²) in [6.45, 7) is 0.844. The number of aryl methyl sites for hydroxylation is 1. The molecule has 4 heteroatoms. The highest BCUT2D eigenvalue weighted by Gasteiger charge is 1.96. The van der Waals surface area contributed by atoms with Gasteiger partial charge in [-0.05, 0) is 19.4 Å². The van der Waals surface area contributed by atoms with Crippen LogP contribution in [0.3, 0.4) is 0 Å². The molecule has 1 aromatic heterocycles. The fourth-order valence-corrected chi connectivity index (χ4v) is 1.84. The van der Waals surface area contributed by atoms with E-state index in [1.165, 1.54) is 51.4 Å². The zero-order valence-corrected chi connectivity index (χ0v) is 10.1. The lowest BCUT2D eigenvalue weighted by Gasteiger charge is -2.00. The van der Waals surface area contributed by atoms with Crippen LogP contribution in [-0.2, 0) is 6.42 Å². The highest BCUT2D eigenvalue weighted by Crippen LogP contribution is 2.09. The van der Waals surface area contributed by atoms with E-state index in [0.29, 0.717) is 0 Å². The van der Waals surface area contributed by atoms with E-state index < -0.39 is 0 Å². The first-order valence-electron chi connectivity index (χ1n) is 6.48. The smallest absolute Gasteiger partial charge is 0.150 e. The Labute approximate surface area is 98.0 Å². The van der Waals surface area contributed by atoms with Crippen molar-refractivity contribution in [2.24, 2.45) is 5.73 Å². The lowest BCUT2D eigenvalue weighted by molar-refractivity contribution is 0.567. The van der Waals surface area contributed by atoms with Crippen molar-refractivity contribution in [3.8, 4) is 0 Å². The molecule has 0 fully saturated rings. The molecule has 0 saturated carbocycles. The minimum absolute atomic E-state index is 0.844. The van der Waals surface area contributed by atoms with Crippen LogP contribution in [0.2, 0.25) is 0 Å². The van der Waals surface area contributed by atoms with Gasteiger partial charge in [0.05, 0.1) is 0 Å². The van der Waals surface area contributed by atoms with Gasteiger partial charge in [-0.2, -0.15) is 5.10 Å². The normalized spacial score (nSPS) is 10.8. The van der Waals surface area contributed by atoms with Crippen molar-refractivity contribution in [3.63, 3.8) is 0 Å². The quantitative estimate of drug-likeness (QED) is 0.600. The number of nitrogens with one attached hydrogen (secondary N) is 1. The molecule has 0 aliphatic carbocycles. The van der Waals surface area contributed by atoms with Crippen molar-refractivity contribution in [3.05, 3.63) is 12.2 Å². The van der Waals surface area contributed by atoms with Crippen LogP contribution in [0.25, 0.3) is 0 Å². The average molecular weight is 224 g/mol. The summed E-state index contributed by atoms with van der Waals surface area (Å²) in [6, 6.07) is 0. The third-order valence-corrected chi connectivity index (χ3v) is 2.82. The van der Waals surface area contributed by atoms with Crippen LogP contribution in [0.5, 0.6) is 0 Å². The van der Waals surface area contributed by atoms with Crippen LogP contribution < -0.4 is 5.73 Å². The summed E-state index contributed by atoms with van der Waals surface area (Å²) in [5.41, 5.74) is 5.44. The topological polar surface area (TPSA) is 67.6 Å². The van der Waals surface area contributed by atoms with Crippen molar-refractivity contribution in [2.75, 3.05) is 6.54 Å². The van der Waals surface area contributed by atoms with Crippen LogP contribution in [-0.4, -0.2) is 21.7 Å². The van der Waals surface area contributed by atoms with E-state index in [0.717, 1.165) is 18.8 Å². The van der Waals surface area contributed by atoms with Crippen LogP contribution in [0.4, 0.5) is 0 Å². The summed E-state index contributed by atoms with van der Waals surface area (Å²) in [7, 11) is 0. The molecule has 0 aromatic carbocycles. The van der Waals surface area contributed by atoms with Gasteiger partial charge in [-0.15, -0.1) is 0 Å². The Hall–Kier alpha value is -0.900. The Bertz CT molecular complexity index is 233. The number of nitrogens with zero attached hydrogens (tertiary/aromatic N) is 2. The van der Waals surface area contributed by atoms with Gasteiger partial charge in [0.15, 0.2) is 0 Å². The number of nitrogens with two attached hydrogens (primary N) is 1. The summed E-state index contributed by atoms with van der Waals surface area (Å²) in [5, 5.41) is 6.78. The maximum absolute atomic E-state index is 5.44. The minimum atomic E-state index is 0.844. The van der Waals surface area contributed by atoms with E-state index in [1.807, 2.05) is 0 Å². The molecule has 92 valence electrons. The van der Waals surface area contributed by atoms with E-state index in [1.54, 1.807) is 6.33 Å². The average Bonchev–Trinajstić information content (AvgIpc) is 2.80. The first-order valence-corrected chi connectivity index (χ1v) is 6.48. The second-order valence-electron chi connectivity index (χ2n) is 4.28. The predicted molar refractivity (Wildman–Crippen MR) is 66.1 cm³/mol. The Morgan fingerprint density at radius 1 is 0.938 bits per heavy atom. The Kier molecular flexibility index (Phi) is 7.68. The van der Waals surface area contributed by atoms with Gasteiger partial charge in [-0.1, -0.05) is 38.5 Å². The lowest BCUT2D eigenvalue weighted by Crippen LogP contribution is -1.97. The fraction of sp³-hybridized carbons (Fsp3) is 0.833. The standard InChI is InChI=1S/C12H24N4/c13-10-8-6-4-2-1-3-5-7-9-12-14-11-15-16-12/h11H,1-10,13H2,(H,14,15,16). The van der Waals surface area contributed by atoms with Crippen LogP contribution in [0, 0.1) is 0 Å². The van der Waals surface area contributed by atoms with Gasteiger partial charge in [0.1, 0.15) is 12.2 Å². The Morgan fingerprint density at radius 3 is 2.12 bits per heavy atom. The van der Waals surface area contributed by atoms with Gasteiger partial charge in [-0.3, -0.25) is 5.10 Å². The Balaban J connectivity index is 1.78. The largest absolute Gasteiger partial charge is 0.330 e. The highest BCUT2D eigenvalue weighted by atomic mass is 15.2. The molecule has 0 atom stereocenters. The first-order chi connectivity index (χ1) is 7.93. The molecule has 0 amide bonds. The molecule has 16 heavy (non-hydrogen) atoms. The molecule has 0 saturated heterocycles. The van der Waals surface area contributed by atoms with Gasteiger partial charge in [0.25, 0.3) is 0 Å². The molecule has 0 aliphatic heterocycles. The number of rotatable bonds is 10. The molecule has 0 bridgehead atoms. The molecule has 1 heterocycles. The van der Waals surface area contributed by atoms with Crippen molar-refractivity contribution in [2.45, 2.75) is 57.8 Å². The van der Waals surface area contributed by atoms with Crippen molar-refractivity contribution in [1.82, 2.24) is 15.2 Å². The zero-order valence-electron chi connectivity index (χ0n) is 10.1. The summed E-state index contributed by atoms with van der Waals surface area (Å²) < 4.78 is 0. The molecule has 0 spiro atoms. The van der Waals surface area contributed by atoms with Gasteiger partial charge < -0.3 is 5.73 Å². The second-order valence-corrected chi connectivity index (χ2v) is 4.28. The van der Waals surface area contributed by atoms with Crippen LogP contribution >= 0.6 is 0 Å². The van der Waals surface area contributed by atoms with Gasteiger partial charge >= 0.3 is 0 Å². The maximum Gasteiger partial charge on any atom is 0.150 e. The van der Waals surface area contributed by atoms with E-state index in [4.69, 9.17) is 5.73 Å². The summed E-state index contributed by atoms with van der Waals surface area (Å²) in [6.07, 6.45) is 13.1. The van der Waals surface area contributed by atoms with Gasteiger partial charge in [-0.25, -0.2) is 4.98 Å². The molecule has 1 aromatic rings. The number of H-pyrrole nitrogens is 1. The number of hydrogen-bond donors (Lipinski definition) is 2. The third-order valence-electron chi connectivity index (χ3n) is 2.82. The van der Waals surface area contributed by atoms with Crippen LogP contribution in [0.15, 0.2) is 6.33 Å². The molecular weight excluding hydrogens is 200 g/mol. The third kappa shape index (κ3) is 6.56. The number of aromatic amines is 1. The SMILES string of the molecule is NCCCCCCCCCCc1nc[nH]n1. The monoisotopic (exact) mass is 224 g/mol. The number of aromatic nitrogens is 3.